The number of rotatable bonds is 5. The predicted molar refractivity (Wildman–Crippen MR) is 96.3 cm³/mol. The maximum absolute atomic E-state index is 12.2. The van der Waals surface area contributed by atoms with Gasteiger partial charge in [-0.1, -0.05) is 53.5 Å². The fourth-order valence-electron chi connectivity index (χ4n) is 2.68. The van der Waals surface area contributed by atoms with Gasteiger partial charge in [0.15, 0.2) is 0 Å². The third kappa shape index (κ3) is 4.51. The van der Waals surface area contributed by atoms with Gasteiger partial charge in [0, 0.05) is 28.7 Å². The van der Waals surface area contributed by atoms with Crippen LogP contribution in [-0.2, 0) is 21.0 Å². The second-order valence-corrected chi connectivity index (χ2v) is 6.65. The van der Waals surface area contributed by atoms with Gasteiger partial charge < -0.3 is 4.90 Å². The van der Waals surface area contributed by atoms with Gasteiger partial charge in [-0.15, -0.1) is 0 Å². The van der Waals surface area contributed by atoms with Crippen LogP contribution in [-0.4, -0.2) is 18.4 Å². The highest BCUT2D eigenvalue weighted by Crippen LogP contribution is 2.30. The average molecular weight is 379 g/mol. The fourth-order valence-corrected chi connectivity index (χ4v) is 3.19. The minimum atomic E-state index is -0.485. The molecule has 0 unspecified atom stereocenters. The lowest BCUT2D eigenvalue weighted by molar-refractivity contribution is -0.138. The van der Waals surface area contributed by atoms with Gasteiger partial charge in [-0.25, -0.2) is 5.48 Å². The zero-order valence-corrected chi connectivity index (χ0v) is 14.8. The Morgan fingerprint density at radius 3 is 2.52 bits per heavy atom. The Hall–Kier alpha value is -2.08. The first-order valence-corrected chi connectivity index (χ1v) is 8.50. The molecule has 3 rings (SSSR count). The van der Waals surface area contributed by atoms with Crippen LogP contribution in [0.2, 0.25) is 10.0 Å². The van der Waals surface area contributed by atoms with E-state index in [1.807, 2.05) is 30.3 Å². The van der Waals surface area contributed by atoms with Crippen LogP contribution in [0.5, 0.6) is 0 Å². The molecule has 1 fully saturated rings. The molecule has 5 nitrogen and oxygen atoms in total. The summed E-state index contributed by atoms with van der Waals surface area (Å²) < 4.78 is 0. The van der Waals surface area contributed by atoms with E-state index in [0.29, 0.717) is 15.7 Å². The van der Waals surface area contributed by atoms with Crippen LogP contribution in [0.25, 0.3) is 0 Å². The molecule has 0 spiro atoms. The van der Waals surface area contributed by atoms with Gasteiger partial charge in [0.1, 0.15) is 0 Å². The molecule has 1 atom stereocenters. The third-order valence-electron chi connectivity index (χ3n) is 3.91. The highest BCUT2D eigenvalue weighted by molar-refractivity contribution is 6.35. The van der Waals surface area contributed by atoms with Crippen molar-refractivity contribution in [3.8, 4) is 0 Å². The van der Waals surface area contributed by atoms with Gasteiger partial charge in [0.25, 0.3) is 0 Å². The molecular formula is C18H16Cl2N2O3. The van der Waals surface area contributed by atoms with E-state index in [1.165, 1.54) is 4.90 Å². The Kier molecular flexibility index (Phi) is 5.58. The third-order valence-corrected chi connectivity index (χ3v) is 4.35. The van der Waals surface area contributed by atoms with Gasteiger partial charge in [-0.2, -0.15) is 0 Å². The largest absolute Gasteiger partial charge is 0.311 e. The molecule has 1 saturated heterocycles. The Balaban J connectivity index is 1.57. The van der Waals surface area contributed by atoms with E-state index in [0.717, 1.165) is 5.56 Å². The molecule has 0 aliphatic carbocycles. The van der Waals surface area contributed by atoms with E-state index < -0.39 is 5.92 Å². The van der Waals surface area contributed by atoms with Crippen LogP contribution in [0.4, 0.5) is 5.69 Å². The molecule has 2 amide bonds. The van der Waals surface area contributed by atoms with Crippen molar-refractivity contribution < 1.29 is 14.4 Å². The average Bonchev–Trinajstić information content (AvgIpc) is 2.97. The highest BCUT2D eigenvalue weighted by Gasteiger charge is 2.35. The summed E-state index contributed by atoms with van der Waals surface area (Å²) in [5.74, 6) is -0.956. The molecule has 130 valence electrons. The summed E-state index contributed by atoms with van der Waals surface area (Å²) in [6.45, 7) is 0.525. The number of nitrogens with one attached hydrogen (secondary N) is 1. The molecule has 7 heteroatoms. The number of carbonyl (C=O) groups excluding carboxylic acids is 2. The summed E-state index contributed by atoms with van der Waals surface area (Å²) in [7, 11) is 0. The van der Waals surface area contributed by atoms with Crippen molar-refractivity contribution >= 4 is 40.7 Å². The standard InChI is InChI=1S/C18H16Cl2N2O3/c19-14-7-15(20)9-16(8-14)22-10-13(6-17(22)23)18(24)21-25-11-12-4-2-1-3-5-12/h1-5,7-9,13H,6,10-11H2,(H,21,24)/t13-/m0/s1. The van der Waals surface area contributed by atoms with E-state index in [4.69, 9.17) is 28.0 Å². The van der Waals surface area contributed by atoms with E-state index in [2.05, 4.69) is 5.48 Å². The van der Waals surface area contributed by atoms with Crippen molar-refractivity contribution in [3.05, 3.63) is 64.1 Å². The maximum atomic E-state index is 12.2. The number of nitrogens with zero attached hydrogens (tertiary/aromatic N) is 1. The van der Waals surface area contributed by atoms with E-state index >= 15 is 0 Å². The lowest BCUT2D eigenvalue weighted by Gasteiger charge is -2.17. The lowest BCUT2D eigenvalue weighted by atomic mass is 10.1. The first-order valence-electron chi connectivity index (χ1n) is 7.75. The summed E-state index contributed by atoms with van der Waals surface area (Å²) in [6, 6.07) is 14.4. The van der Waals surface area contributed by atoms with Crippen LogP contribution < -0.4 is 10.4 Å². The van der Waals surface area contributed by atoms with Crippen molar-refractivity contribution in [1.82, 2.24) is 5.48 Å². The van der Waals surface area contributed by atoms with Gasteiger partial charge >= 0.3 is 0 Å². The molecule has 0 saturated carbocycles. The first kappa shape index (κ1) is 17.7. The number of amides is 2. The van der Waals surface area contributed by atoms with E-state index in [9.17, 15) is 9.59 Å². The quantitative estimate of drug-likeness (QED) is 0.808. The summed E-state index contributed by atoms with van der Waals surface area (Å²) >= 11 is 12.0. The molecule has 1 heterocycles. The number of benzene rings is 2. The predicted octanol–water partition coefficient (Wildman–Crippen LogP) is 3.59. The monoisotopic (exact) mass is 378 g/mol. The first-order chi connectivity index (χ1) is 12.0. The smallest absolute Gasteiger partial charge is 0.248 e. The summed E-state index contributed by atoms with van der Waals surface area (Å²) in [4.78, 5) is 31.2. The Morgan fingerprint density at radius 1 is 1.16 bits per heavy atom. The second-order valence-electron chi connectivity index (χ2n) is 5.77. The lowest BCUT2D eigenvalue weighted by Crippen LogP contribution is -2.33. The molecule has 0 bridgehead atoms. The second kappa shape index (κ2) is 7.87. The zero-order valence-electron chi connectivity index (χ0n) is 13.2. The number of hydroxylamine groups is 1. The molecule has 0 radical (unpaired) electrons. The molecule has 25 heavy (non-hydrogen) atoms. The van der Waals surface area contributed by atoms with Gasteiger partial charge in [-0.05, 0) is 23.8 Å². The van der Waals surface area contributed by atoms with Gasteiger partial charge in [0.05, 0.1) is 12.5 Å². The molecule has 2 aromatic carbocycles. The number of hydrogen-bond donors (Lipinski definition) is 1. The Morgan fingerprint density at radius 2 is 1.84 bits per heavy atom. The molecule has 1 N–H and O–H groups in total. The van der Waals surface area contributed by atoms with Gasteiger partial charge in [0.2, 0.25) is 11.8 Å². The van der Waals surface area contributed by atoms with Crippen LogP contribution in [0, 0.1) is 5.92 Å². The molecule has 1 aliphatic heterocycles. The Bertz CT molecular complexity index is 763. The number of carbonyl (C=O) groups is 2. The summed E-state index contributed by atoms with van der Waals surface area (Å²) in [5, 5.41) is 0.879. The number of anilines is 1. The van der Waals surface area contributed by atoms with Crippen LogP contribution in [0.3, 0.4) is 0 Å². The molecule has 2 aromatic rings. The van der Waals surface area contributed by atoms with Crippen molar-refractivity contribution in [1.29, 1.82) is 0 Å². The summed E-state index contributed by atoms with van der Waals surface area (Å²) in [6.07, 6.45) is 0.116. The van der Waals surface area contributed by atoms with Crippen molar-refractivity contribution in [3.63, 3.8) is 0 Å². The van der Waals surface area contributed by atoms with Crippen molar-refractivity contribution in [2.75, 3.05) is 11.4 Å². The minimum Gasteiger partial charge on any atom is -0.311 e. The molecule has 1 aliphatic rings. The zero-order chi connectivity index (χ0) is 17.8. The topological polar surface area (TPSA) is 58.6 Å². The maximum Gasteiger partial charge on any atom is 0.248 e. The number of hydrogen-bond acceptors (Lipinski definition) is 3. The van der Waals surface area contributed by atoms with Crippen molar-refractivity contribution in [2.45, 2.75) is 13.0 Å². The number of halogens is 2. The van der Waals surface area contributed by atoms with Crippen LogP contribution in [0.15, 0.2) is 48.5 Å². The molecular weight excluding hydrogens is 363 g/mol. The highest BCUT2D eigenvalue weighted by atomic mass is 35.5. The van der Waals surface area contributed by atoms with Crippen LogP contribution >= 0.6 is 23.2 Å². The molecule has 0 aromatic heterocycles. The Labute approximate surface area is 155 Å². The van der Waals surface area contributed by atoms with Gasteiger partial charge in [-0.3, -0.25) is 14.4 Å². The minimum absolute atomic E-state index is 0.116. The summed E-state index contributed by atoms with van der Waals surface area (Å²) in [5.41, 5.74) is 3.95. The van der Waals surface area contributed by atoms with E-state index in [1.54, 1.807) is 18.2 Å². The normalized spacial score (nSPS) is 17.0. The fraction of sp³-hybridized carbons (Fsp3) is 0.222. The van der Waals surface area contributed by atoms with E-state index in [-0.39, 0.29) is 31.4 Å². The van der Waals surface area contributed by atoms with Crippen LogP contribution in [0.1, 0.15) is 12.0 Å². The SMILES string of the molecule is O=C(NOCc1ccccc1)[C@H]1CC(=O)N(c2cc(Cl)cc(Cl)c2)C1. The van der Waals surface area contributed by atoms with Crippen molar-refractivity contribution in [2.24, 2.45) is 5.92 Å².